The van der Waals surface area contributed by atoms with Gasteiger partial charge in [-0.1, -0.05) is 13.8 Å². The SMILES string of the molecule is CC(C)[C@H]1OCC[C@@H]1CNc1ncnc2nc[nH]c12. The lowest BCUT2D eigenvalue weighted by atomic mass is 9.93. The summed E-state index contributed by atoms with van der Waals surface area (Å²) in [6.45, 7) is 6.15. The van der Waals surface area contributed by atoms with E-state index in [2.05, 4.69) is 39.1 Å². The normalized spacial score (nSPS) is 23.3. The number of fused-ring (bicyclic) bond motifs is 1. The molecule has 2 aromatic rings. The van der Waals surface area contributed by atoms with Gasteiger partial charge >= 0.3 is 0 Å². The molecule has 1 fully saturated rings. The van der Waals surface area contributed by atoms with Gasteiger partial charge in [-0.15, -0.1) is 0 Å². The average Bonchev–Trinajstić information content (AvgIpc) is 3.04. The molecule has 1 saturated heterocycles. The Balaban J connectivity index is 1.70. The van der Waals surface area contributed by atoms with Crippen molar-refractivity contribution in [2.24, 2.45) is 11.8 Å². The van der Waals surface area contributed by atoms with Gasteiger partial charge in [0.15, 0.2) is 11.5 Å². The van der Waals surface area contributed by atoms with Crippen molar-refractivity contribution in [2.45, 2.75) is 26.4 Å². The predicted molar refractivity (Wildman–Crippen MR) is 72.9 cm³/mol. The van der Waals surface area contributed by atoms with Crippen LogP contribution in [0.5, 0.6) is 0 Å². The topological polar surface area (TPSA) is 75.7 Å². The van der Waals surface area contributed by atoms with Gasteiger partial charge in [0.2, 0.25) is 0 Å². The Hall–Kier alpha value is -1.69. The van der Waals surface area contributed by atoms with E-state index < -0.39 is 0 Å². The first-order valence-corrected chi connectivity index (χ1v) is 6.75. The van der Waals surface area contributed by atoms with Crippen LogP contribution in [0.3, 0.4) is 0 Å². The standard InChI is InChI=1S/C13H19N5O/c1-8(2)11-9(3-4-19-11)5-14-12-10-13(16-6-15-10)18-7-17-12/h6-9,11H,3-5H2,1-2H3,(H2,14,15,16,17,18)/t9-,11-/m1/s1. The van der Waals surface area contributed by atoms with Crippen LogP contribution in [0.4, 0.5) is 5.82 Å². The van der Waals surface area contributed by atoms with Crippen molar-refractivity contribution >= 4 is 17.0 Å². The smallest absolute Gasteiger partial charge is 0.182 e. The lowest BCUT2D eigenvalue weighted by Crippen LogP contribution is -2.28. The number of nitrogens with one attached hydrogen (secondary N) is 2. The van der Waals surface area contributed by atoms with Gasteiger partial charge < -0.3 is 15.0 Å². The van der Waals surface area contributed by atoms with Crippen LogP contribution >= 0.6 is 0 Å². The number of imidazole rings is 1. The number of hydrogen-bond acceptors (Lipinski definition) is 5. The van der Waals surface area contributed by atoms with Crippen LogP contribution in [0, 0.1) is 11.8 Å². The predicted octanol–water partition coefficient (Wildman–Crippen LogP) is 1.83. The maximum absolute atomic E-state index is 5.79. The summed E-state index contributed by atoms with van der Waals surface area (Å²) < 4.78 is 5.79. The minimum absolute atomic E-state index is 0.339. The zero-order valence-electron chi connectivity index (χ0n) is 11.3. The molecule has 0 aromatic carbocycles. The second kappa shape index (κ2) is 5.13. The molecule has 6 heteroatoms. The van der Waals surface area contributed by atoms with Crippen molar-refractivity contribution in [1.29, 1.82) is 0 Å². The maximum Gasteiger partial charge on any atom is 0.182 e. The highest BCUT2D eigenvalue weighted by molar-refractivity contribution is 5.81. The van der Waals surface area contributed by atoms with E-state index in [4.69, 9.17) is 4.74 Å². The largest absolute Gasteiger partial charge is 0.378 e. The van der Waals surface area contributed by atoms with Gasteiger partial charge in [-0.05, 0) is 12.3 Å². The quantitative estimate of drug-likeness (QED) is 0.878. The van der Waals surface area contributed by atoms with E-state index in [1.807, 2.05) is 0 Å². The summed E-state index contributed by atoms with van der Waals surface area (Å²) in [4.78, 5) is 15.6. The second-order valence-electron chi connectivity index (χ2n) is 5.33. The zero-order chi connectivity index (χ0) is 13.2. The van der Waals surface area contributed by atoms with E-state index in [9.17, 15) is 0 Å². The zero-order valence-corrected chi connectivity index (χ0v) is 11.3. The molecule has 2 N–H and O–H groups in total. The third-order valence-electron chi connectivity index (χ3n) is 3.68. The van der Waals surface area contributed by atoms with Crippen molar-refractivity contribution in [3.63, 3.8) is 0 Å². The summed E-state index contributed by atoms with van der Waals surface area (Å²) >= 11 is 0. The van der Waals surface area contributed by atoms with Crippen LogP contribution < -0.4 is 5.32 Å². The fourth-order valence-electron chi connectivity index (χ4n) is 2.74. The first-order valence-electron chi connectivity index (χ1n) is 6.75. The van der Waals surface area contributed by atoms with Gasteiger partial charge in [-0.2, -0.15) is 0 Å². The van der Waals surface area contributed by atoms with Gasteiger partial charge in [0.1, 0.15) is 11.8 Å². The molecule has 0 aliphatic carbocycles. The summed E-state index contributed by atoms with van der Waals surface area (Å²) in [5.74, 6) is 1.90. The Morgan fingerprint density at radius 2 is 2.32 bits per heavy atom. The fraction of sp³-hybridized carbons (Fsp3) is 0.615. The minimum atomic E-state index is 0.339. The van der Waals surface area contributed by atoms with Crippen LogP contribution in [-0.4, -0.2) is 39.2 Å². The molecule has 2 aromatic heterocycles. The number of anilines is 1. The van der Waals surface area contributed by atoms with Crippen LogP contribution in [0.1, 0.15) is 20.3 Å². The molecule has 0 radical (unpaired) electrons. The van der Waals surface area contributed by atoms with Crippen LogP contribution in [0.15, 0.2) is 12.7 Å². The summed E-state index contributed by atoms with van der Waals surface area (Å²) in [6, 6.07) is 0. The molecule has 2 atom stereocenters. The number of nitrogens with zero attached hydrogens (tertiary/aromatic N) is 3. The fourth-order valence-corrected chi connectivity index (χ4v) is 2.74. The van der Waals surface area contributed by atoms with E-state index in [0.717, 1.165) is 30.9 Å². The average molecular weight is 261 g/mol. The monoisotopic (exact) mass is 261 g/mol. The first kappa shape index (κ1) is 12.3. The second-order valence-corrected chi connectivity index (χ2v) is 5.33. The molecule has 0 amide bonds. The minimum Gasteiger partial charge on any atom is -0.378 e. The summed E-state index contributed by atoms with van der Waals surface area (Å²) in [5, 5.41) is 3.40. The molecular formula is C13H19N5O. The highest BCUT2D eigenvalue weighted by atomic mass is 16.5. The Bertz CT molecular complexity index is 553. The summed E-state index contributed by atoms with van der Waals surface area (Å²) in [7, 11) is 0. The van der Waals surface area contributed by atoms with Gasteiger partial charge in [-0.25, -0.2) is 15.0 Å². The van der Waals surface area contributed by atoms with E-state index >= 15 is 0 Å². The van der Waals surface area contributed by atoms with Gasteiger partial charge in [0.05, 0.1) is 12.4 Å². The summed E-state index contributed by atoms with van der Waals surface area (Å²) in [5.41, 5.74) is 1.56. The lowest BCUT2D eigenvalue weighted by molar-refractivity contribution is 0.0566. The highest BCUT2D eigenvalue weighted by Gasteiger charge is 2.30. The number of hydrogen-bond donors (Lipinski definition) is 2. The number of aromatic amines is 1. The van der Waals surface area contributed by atoms with Crippen molar-refractivity contribution < 1.29 is 4.74 Å². The molecule has 0 unspecified atom stereocenters. The number of H-pyrrole nitrogens is 1. The van der Waals surface area contributed by atoms with Gasteiger partial charge in [0, 0.05) is 19.1 Å². The molecule has 102 valence electrons. The van der Waals surface area contributed by atoms with Gasteiger partial charge in [0.25, 0.3) is 0 Å². The molecular weight excluding hydrogens is 242 g/mol. The maximum atomic E-state index is 5.79. The highest BCUT2D eigenvalue weighted by Crippen LogP contribution is 2.27. The molecule has 1 aliphatic heterocycles. The molecule has 19 heavy (non-hydrogen) atoms. The Labute approximate surface area is 112 Å². The van der Waals surface area contributed by atoms with E-state index in [1.165, 1.54) is 6.33 Å². The third kappa shape index (κ3) is 2.40. The lowest BCUT2D eigenvalue weighted by Gasteiger charge is -2.22. The molecule has 0 spiro atoms. The molecule has 6 nitrogen and oxygen atoms in total. The van der Waals surface area contributed by atoms with E-state index in [1.54, 1.807) is 6.33 Å². The molecule has 3 heterocycles. The third-order valence-corrected chi connectivity index (χ3v) is 3.68. The molecule has 3 rings (SSSR count). The molecule has 0 saturated carbocycles. The van der Waals surface area contributed by atoms with Crippen molar-refractivity contribution in [2.75, 3.05) is 18.5 Å². The van der Waals surface area contributed by atoms with E-state index in [0.29, 0.717) is 23.6 Å². The Kier molecular flexibility index (Phi) is 3.33. The number of aromatic nitrogens is 4. The van der Waals surface area contributed by atoms with Crippen LogP contribution in [0.2, 0.25) is 0 Å². The van der Waals surface area contributed by atoms with E-state index in [-0.39, 0.29) is 0 Å². The number of rotatable bonds is 4. The summed E-state index contributed by atoms with van der Waals surface area (Å²) in [6.07, 6.45) is 4.62. The Morgan fingerprint density at radius 1 is 1.42 bits per heavy atom. The number of ether oxygens (including phenoxy) is 1. The van der Waals surface area contributed by atoms with Gasteiger partial charge in [-0.3, -0.25) is 0 Å². The van der Waals surface area contributed by atoms with Crippen LogP contribution in [-0.2, 0) is 4.74 Å². The van der Waals surface area contributed by atoms with Crippen molar-refractivity contribution in [3.05, 3.63) is 12.7 Å². The molecule has 1 aliphatic rings. The van der Waals surface area contributed by atoms with Crippen molar-refractivity contribution in [3.8, 4) is 0 Å². The van der Waals surface area contributed by atoms with Crippen LogP contribution in [0.25, 0.3) is 11.2 Å². The first-order chi connectivity index (χ1) is 9.25. The molecule has 0 bridgehead atoms. The Morgan fingerprint density at radius 3 is 3.16 bits per heavy atom. The van der Waals surface area contributed by atoms with Crippen molar-refractivity contribution in [1.82, 2.24) is 19.9 Å².